The molecule has 0 spiro atoms. The number of aromatic nitrogens is 2. The van der Waals surface area contributed by atoms with Gasteiger partial charge in [0.2, 0.25) is 0 Å². The van der Waals surface area contributed by atoms with Crippen molar-refractivity contribution in [3.63, 3.8) is 0 Å². The van der Waals surface area contributed by atoms with Gasteiger partial charge in [0.15, 0.2) is 0 Å². The molecule has 1 aromatic heterocycles. The van der Waals surface area contributed by atoms with E-state index in [2.05, 4.69) is 10.3 Å². The maximum atomic E-state index is 12.1. The van der Waals surface area contributed by atoms with Gasteiger partial charge < -0.3 is 19.5 Å². The topological polar surface area (TPSA) is 59.4 Å². The molecule has 0 saturated carbocycles. The summed E-state index contributed by atoms with van der Waals surface area (Å²) in [7, 11) is 1.96. The lowest BCUT2D eigenvalue weighted by atomic mass is 10.2. The Morgan fingerprint density at radius 3 is 2.62 bits per heavy atom. The number of nitrogens with one attached hydrogen (secondary N) is 1. The van der Waals surface area contributed by atoms with Crippen LogP contribution in [0.2, 0.25) is 0 Å². The molecule has 0 aliphatic carbocycles. The molecule has 6 heteroatoms. The minimum Gasteiger partial charge on any atom is -0.444 e. The lowest BCUT2D eigenvalue weighted by Gasteiger charge is -2.30. The first-order valence-electron chi connectivity index (χ1n) is 7.36. The van der Waals surface area contributed by atoms with Gasteiger partial charge in [-0.25, -0.2) is 9.78 Å². The number of imidazole rings is 1. The monoisotopic (exact) mass is 296 g/mol. The summed E-state index contributed by atoms with van der Waals surface area (Å²) in [6.45, 7) is 11.7. The molecular weight excluding hydrogens is 268 g/mol. The second-order valence-electron chi connectivity index (χ2n) is 6.44. The zero-order chi connectivity index (χ0) is 16.0. The predicted octanol–water partition coefficient (Wildman–Crippen LogP) is 2.16. The molecule has 0 saturated heterocycles. The van der Waals surface area contributed by atoms with Gasteiger partial charge in [-0.2, -0.15) is 0 Å². The van der Waals surface area contributed by atoms with Crippen molar-refractivity contribution in [3.05, 3.63) is 18.2 Å². The number of carbonyl (C=O) groups excluding carboxylic acids is 1. The third-order valence-electron chi connectivity index (χ3n) is 3.00. The molecule has 0 atom stereocenters. The van der Waals surface area contributed by atoms with E-state index in [1.807, 2.05) is 52.4 Å². The minimum atomic E-state index is -0.466. The second kappa shape index (κ2) is 7.45. The molecule has 1 amide bonds. The highest BCUT2D eigenvalue weighted by Gasteiger charge is 2.23. The van der Waals surface area contributed by atoms with Crippen molar-refractivity contribution in [2.75, 3.05) is 13.1 Å². The molecule has 0 radical (unpaired) electrons. The van der Waals surface area contributed by atoms with E-state index in [9.17, 15) is 4.79 Å². The number of carbonyl (C=O) groups is 1. The highest BCUT2D eigenvalue weighted by atomic mass is 16.6. The number of hydrogen-bond acceptors (Lipinski definition) is 4. The lowest BCUT2D eigenvalue weighted by Crippen LogP contribution is -2.44. The number of ether oxygens (including phenoxy) is 1. The first-order valence-corrected chi connectivity index (χ1v) is 7.36. The first kappa shape index (κ1) is 17.5. The molecule has 0 unspecified atom stereocenters. The number of nitrogens with zero attached hydrogens (tertiary/aromatic N) is 3. The molecule has 0 aliphatic rings. The van der Waals surface area contributed by atoms with Crippen LogP contribution in [-0.2, 0) is 18.3 Å². The van der Waals surface area contributed by atoms with Crippen LogP contribution in [0.3, 0.4) is 0 Å². The van der Waals surface area contributed by atoms with Crippen LogP contribution in [0.4, 0.5) is 4.79 Å². The zero-order valence-corrected chi connectivity index (χ0v) is 14.0. The smallest absolute Gasteiger partial charge is 0.410 e. The van der Waals surface area contributed by atoms with E-state index in [1.165, 1.54) is 0 Å². The third-order valence-corrected chi connectivity index (χ3v) is 3.00. The average molecular weight is 296 g/mol. The van der Waals surface area contributed by atoms with Crippen LogP contribution < -0.4 is 5.32 Å². The largest absolute Gasteiger partial charge is 0.444 e. The standard InChI is InChI=1S/C15H28N4O2/c1-12(2)19(14(20)21-15(3,4)5)8-7-16-9-13-10-17-11-18(13)6/h10-12,16H,7-9H2,1-6H3. The molecule has 0 bridgehead atoms. The van der Waals surface area contributed by atoms with E-state index < -0.39 is 5.60 Å². The third kappa shape index (κ3) is 6.16. The van der Waals surface area contributed by atoms with E-state index in [4.69, 9.17) is 4.74 Å². The maximum absolute atomic E-state index is 12.1. The van der Waals surface area contributed by atoms with Gasteiger partial charge in [-0.1, -0.05) is 0 Å². The highest BCUT2D eigenvalue weighted by molar-refractivity contribution is 5.68. The lowest BCUT2D eigenvalue weighted by molar-refractivity contribution is 0.0193. The summed E-state index contributed by atoms with van der Waals surface area (Å²) >= 11 is 0. The van der Waals surface area contributed by atoms with Crippen LogP contribution in [0.25, 0.3) is 0 Å². The molecule has 120 valence electrons. The Labute approximate surface area is 127 Å². The number of amides is 1. The van der Waals surface area contributed by atoms with E-state index >= 15 is 0 Å². The predicted molar refractivity (Wildman–Crippen MR) is 83.0 cm³/mol. The molecule has 1 rings (SSSR count). The van der Waals surface area contributed by atoms with E-state index in [0.717, 1.165) is 12.2 Å². The van der Waals surface area contributed by atoms with Crippen molar-refractivity contribution >= 4 is 6.09 Å². The minimum absolute atomic E-state index is 0.110. The van der Waals surface area contributed by atoms with Crippen molar-refractivity contribution in [3.8, 4) is 0 Å². The van der Waals surface area contributed by atoms with Gasteiger partial charge in [-0.15, -0.1) is 0 Å². The summed E-state index contributed by atoms with van der Waals surface area (Å²) in [5, 5.41) is 3.32. The van der Waals surface area contributed by atoms with E-state index in [-0.39, 0.29) is 12.1 Å². The Hall–Kier alpha value is -1.56. The molecule has 0 aromatic carbocycles. The Morgan fingerprint density at radius 1 is 1.48 bits per heavy atom. The molecule has 1 aromatic rings. The number of rotatable bonds is 6. The van der Waals surface area contributed by atoms with Gasteiger partial charge in [-0.3, -0.25) is 0 Å². The molecule has 1 heterocycles. The quantitative estimate of drug-likeness (QED) is 0.817. The van der Waals surface area contributed by atoms with Gasteiger partial charge in [0.05, 0.1) is 12.0 Å². The summed E-state index contributed by atoms with van der Waals surface area (Å²) in [6.07, 6.45) is 3.35. The van der Waals surface area contributed by atoms with Crippen molar-refractivity contribution in [1.82, 2.24) is 19.8 Å². The Morgan fingerprint density at radius 2 is 2.14 bits per heavy atom. The van der Waals surface area contributed by atoms with Crippen LogP contribution in [0, 0.1) is 0 Å². The summed E-state index contributed by atoms with van der Waals surface area (Å²) < 4.78 is 7.40. The zero-order valence-electron chi connectivity index (χ0n) is 14.0. The van der Waals surface area contributed by atoms with Crippen molar-refractivity contribution < 1.29 is 9.53 Å². The van der Waals surface area contributed by atoms with Crippen molar-refractivity contribution in [1.29, 1.82) is 0 Å². The maximum Gasteiger partial charge on any atom is 0.410 e. The Bertz CT molecular complexity index is 449. The van der Waals surface area contributed by atoms with Gasteiger partial charge in [-0.05, 0) is 34.6 Å². The Balaban J connectivity index is 2.41. The second-order valence-corrected chi connectivity index (χ2v) is 6.44. The van der Waals surface area contributed by atoms with Gasteiger partial charge >= 0.3 is 6.09 Å². The normalized spacial score (nSPS) is 11.8. The molecule has 0 aliphatic heterocycles. The molecule has 21 heavy (non-hydrogen) atoms. The van der Waals surface area contributed by atoms with Crippen LogP contribution in [-0.4, -0.2) is 45.3 Å². The van der Waals surface area contributed by atoms with Gasteiger partial charge in [0, 0.05) is 38.9 Å². The molecule has 6 nitrogen and oxygen atoms in total. The fourth-order valence-corrected chi connectivity index (χ4v) is 1.85. The van der Waals surface area contributed by atoms with Crippen LogP contribution >= 0.6 is 0 Å². The van der Waals surface area contributed by atoms with Gasteiger partial charge in [0.1, 0.15) is 5.60 Å². The molecule has 1 N–H and O–H groups in total. The average Bonchev–Trinajstić information content (AvgIpc) is 2.71. The number of hydrogen-bond donors (Lipinski definition) is 1. The Kier molecular flexibility index (Phi) is 6.20. The van der Waals surface area contributed by atoms with E-state index in [0.29, 0.717) is 13.1 Å². The fraction of sp³-hybridized carbons (Fsp3) is 0.733. The number of aryl methyl sites for hydroxylation is 1. The van der Waals surface area contributed by atoms with Crippen molar-refractivity contribution in [2.24, 2.45) is 7.05 Å². The summed E-state index contributed by atoms with van der Waals surface area (Å²) in [5.74, 6) is 0. The van der Waals surface area contributed by atoms with Crippen LogP contribution in [0.5, 0.6) is 0 Å². The van der Waals surface area contributed by atoms with Crippen LogP contribution in [0.1, 0.15) is 40.3 Å². The van der Waals surface area contributed by atoms with Crippen molar-refractivity contribution in [2.45, 2.75) is 52.8 Å². The molecule has 0 fully saturated rings. The fourth-order valence-electron chi connectivity index (χ4n) is 1.85. The SMILES string of the molecule is CC(C)N(CCNCc1cncn1C)C(=O)OC(C)(C)C. The van der Waals surface area contributed by atoms with E-state index in [1.54, 1.807) is 11.2 Å². The first-order chi connectivity index (χ1) is 9.70. The summed E-state index contributed by atoms with van der Waals surface area (Å²) in [6, 6.07) is 0.110. The van der Waals surface area contributed by atoms with Crippen LogP contribution in [0.15, 0.2) is 12.5 Å². The summed E-state index contributed by atoms with van der Waals surface area (Å²) in [4.78, 5) is 17.9. The van der Waals surface area contributed by atoms with Gasteiger partial charge in [0.25, 0.3) is 0 Å². The summed E-state index contributed by atoms with van der Waals surface area (Å²) in [5.41, 5.74) is 0.648. The molecular formula is C15H28N4O2. The highest BCUT2D eigenvalue weighted by Crippen LogP contribution is 2.11.